The van der Waals surface area contributed by atoms with Crippen molar-refractivity contribution >= 4 is 28.3 Å². The first-order valence-electron chi connectivity index (χ1n) is 8.98. The van der Waals surface area contributed by atoms with Crippen LogP contribution in [0.25, 0.3) is 0 Å². The fraction of sp³-hybridized carbons (Fsp3) is 0.500. The fourth-order valence-corrected chi connectivity index (χ4v) is 4.28. The summed E-state index contributed by atoms with van der Waals surface area (Å²) in [5.41, 5.74) is 3.17. The van der Waals surface area contributed by atoms with Gasteiger partial charge in [-0.05, 0) is 31.0 Å². The van der Waals surface area contributed by atoms with E-state index in [1.165, 1.54) is 11.3 Å². The first kappa shape index (κ1) is 18.0. The van der Waals surface area contributed by atoms with Crippen LogP contribution in [-0.2, 0) is 34.0 Å². The lowest BCUT2D eigenvalue weighted by atomic mass is 10.1. The minimum Gasteiger partial charge on any atom is -0.374 e. The molecule has 27 heavy (non-hydrogen) atoms. The number of anilines is 1. The van der Waals surface area contributed by atoms with Gasteiger partial charge in [-0.15, -0.1) is 10.2 Å². The first-order valence-corrected chi connectivity index (χ1v) is 9.80. The largest absolute Gasteiger partial charge is 0.374 e. The van der Waals surface area contributed by atoms with Crippen LogP contribution in [-0.4, -0.2) is 45.0 Å². The van der Waals surface area contributed by atoms with Crippen molar-refractivity contribution in [1.29, 1.82) is 0 Å². The Morgan fingerprint density at radius 1 is 1.33 bits per heavy atom. The molecule has 0 saturated carbocycles. The lowest BCUT2D eigenvalue weighted by molar-refractivity contribution is -0.136. The Balaban J connectivity index is 1.42. The second kappa shape index (κ2) is 7.32. The maximum absolute atomic E-state index is 12.9. The van der Waals surface area contributed by atoms with Crippen LogP contribution in [0.2, 0.25) is 0 Å². The van der Waals surface area contributed by atoms with Gasteiger partial charge in [-0.2, -0.15) is 0 Å². The number of hydrogen-bond acceptors (Lipinski definition) is 7. The molecule has 0 spiro atoms. The third-order valence-corrected chi connectivity index (χ3v) is 5.76. The zero-order chi connectivity index (χ0) is 19.0. The quantitative estimate of drug-likeness (QED) is 0.775. The summed E-state index contributed by atoms with van der Waals surface area (Å²) < 4.78 is 5.33. The van der Waals surface area contributed by atoms with E-state index in [1.807, 2.05) is 31.0 Å². The van der Waals surface area contributed by atoms with E-state index < -0.39 is 0 Å². The number of fused-ring (bicyclic) bond motifs is 1. The summed E-state index contributed by atoms with van der Waals surface area (Å²) >= 11 is 1.34. The maximum Gasteiger partial charge on any atom is 0.229 e. The van der Waals surface area contributed by atoms with Crippen molar-refractivity contribution in [2.45, 2.75) is 40.0 Å². The zero-order valence-corrected chi connectivity index (χ0v) is 16.2. The van der Waals surface area contributed by atoms with Crippen molar-refractivity contribution in [2.75, 3.05) is 18.1 Å². The van der Waals surface area contributed by atoms with Gasteiger partial charge in [0.2, 0.25) is 16.9 Å². The highest BCUT2D eigenvalue weighted by Crippen LogP contribution is 2.31. The minimum atomic E-state index is -0.347. The summed E-state index contributed by atoms with van der Waals surface area (Å²) in [5, 5.41) is 9.42. The van der Waals surface area contributed by atoms with Gasteiger partial charge in [-0.3, -0.25) is 19.5 Å². The number of amides is 2. The molecule has 0 aliphatic carbocycles. The Bertz CT molecular complexity index is 884. The molecule has 4 rings (SSSR count). The molecule has 1 saturated heterocycles. The molecule has 0 aromatic carbocycles. The van der Waals surface area contributed by atoms with E-state index in [4.69, 9.17) is 4.74 Å². The molecule has 0 bridgehead atoms. The molecular weight excluding hydrogens is 366 g/mol. The van der Waals surface area contributed by atoms with Crippen molar-refractivity contribution in [3.05, 3.63) is 34.1 Å². The van der Waals surface area contributed by atoms with Gasteiger partial charge in [0.15, 0.2) is 0 Å². The molecule has 1 fully saturated rings. The van der Waals surface area contributed by atoms with Crippen molar-refractivity contribution in [1.82, 2.24) is 20.1 Å². The number of pyridine rings is 1. The molecule has 9 heteroatoms. The molecule has 142 valence electrons. The Labute approximate surface area is 161 Å². The lowest BCUT2D eigenvalue weighted by Crippen LogP contribution is -2.34. The van der Waals surface area contributed by atoms with E-state index in [-0.39, 0.29) is 24.2 Å². The van der Waals surface area contributed by atoms with Gasteiger partial charge in [-0.1, -0.05) is 11.3 Å². The minimum absolute atomic E-state index is 0.0127. The average molecular weight is 387 g/mol. The molecule has 8 nitrogen and oxygen atoms in total. The number of carbonyl (C=O) groups excluding carboxylic acids is 2. The van der Waals surface area contributed by atoms with Gasteiger partial charge in [0.05, 0.1) is 5.92 Å². The molecule has 0 radical (unpaired) electrons. The standard InChI is InChI=1S/C18H21N5O3S/c1-3-26-10-15-20-21-18(27-15)23-9-13(5-16(23)24)17(25)22-7-12-4-11(2)19-6-14(12)8-22/h4,6,13H,3,5,7-10H2,1-2H3. The van der Waals surface area contributed by atoms with E-state index in [1.54, 1.807) is 4.90 Å². The highest BCUT2D eigenvalue weighted by Gasteiger charge is 2.39. The predicted molar refractivity (Wildman–Crippen MR) is 98.9 cm³/mol. The number of aromatic nitrogens is 3. The number of carbonyl (C=O) groups is 2. The summed E-state index contributed by atoms with van der Waals surface area (Å²) in [7, 11) is 0. The Morgan fingerprint density at radius 2 is 2.15 bits per heavy atom. The van der Waals surface area contributed by atoms with Gasteiger partial charge in [0.25, 0.3) is 0 Å². The van der Waals surface area contributed by atoms with Crippen molar-refractivity contribution in [3.63, 3.8) is 0 Å². The number of hydrogen-bond donors (Lipinski definition) is 0. The monoisotopic (exact) mass is 387 g/mol. The van der Waals surface area contributed by atoms with E-state index >= 15 is 0 Å². The number of aryl methyl sites for hydroxylation is 1. The molecule has 2 aromatic rings. The third kappa shape index (κ3) is 3.57. The van der Waals surface area contributed by atoms with Gasteiger partial charge in [0, 0.05) is 44.6 Å². The summed E-state index contributed by atoms with van der Waals surface area (Å²) in [6, 6.07) is 2.02. The molecule has 2 aliphatic heterocycles. The van der Waals surface area contributed by atoms with Crippen LogP contribution in [0.15, 0.2) is 12.3 Å². The fourth-order valence-electron chi connectivity index (χ4n) is 3.47. The van der Waals surface area contributed by atoms with Crippen LogP contribution in [0, 0.1) is 12.8 Å². The van der Waals surface area contributed by atoms with Gasteiger partial charge in [0.1, 0.15) is 11.6 Å². The molecule has 2 aliphatic rings. The van der Waals surface area contributed by atoms with Gasteiger partial charge in [-0.25, -0.2) is 0 Å². The Morgan fingerprint density at radius 3 is 2.96 bits per heavy atom. The van der Waals surface area contributed by atoms with Crippen molar-refractivity contribution < 1.29 is 14.3 Å². The number of nitrogens with zero attached hydrogens (tertiary/aromatic N) is 5. The number of rotatable bonds is 5. The second-order valence-electron chi connectivity index (χ2n) is 6.81. The van der Waals surface area contributed by atoms with Crippen LogP contribution in [0.4, 0.5) is 5.13 Å². The smallest absolute Gasteiger partial charge is 0.229 e. The predicted octanol–water partition coefficient (Wildman–Crippen LogP) is 1.67. The number of ether oxygens (including phenoxy) is 1. The van der Waals surface area contributed by atoms with E-state index in [9.17, 15) is 9.59 Å². The molecule has 2 aromatic heterocycles. The SMILES string of the molecule is CCOCc1nnc(N2CC(C(=O)N3Cc4cnc(C)cc4C3)CC2=O)s1. The van der Waals surface area contributed by atoms with Crippen LogP contribution in [0.5, 0.6) is 0 Å². The van der Waals surface area contributed by atoms with Crippen LogP contribution < -0.4 is 4.90 Å². The van der Waals surface area contributed by atoms with E-state index in [0.29, 0.717) is 38.0 Å². The van der Waals surface area contributed by atoms with Gasteiger partial charge < -0.3 is 9.64 Å². The summed E-state index contributed by atoms with van der Waals surface area (Å²) in [4.78, 5) is 33.1. The third-order valence-electron chi connectivity index (χ3n) is 4.84. The average Bonchev–Trinajstić information content (AvgIpc) is 3.36. The summed E-state index contributed by atoms with van der Waals surface area (Å²) in [6.07, 6.45) is 2.05. The molecular formula is C18H21N5O3S. The second-order valence-corrected chi connectivity index (χ2v) is 7.85. The van der Waals surface area contributed by atoms with Crippen LogP contribution in [0.1, 0.15) is 35.2 Å². The van der Waals surface area contributed by atoms with Crippen LogP contribution in [0.3, 0.4) is 0 Å². The maximum atomic E-state index is 12.9. The molecule has 0 N–H and O–H groups in total. The molecule has 4 heterocycles. The zero-order valence-electron chi connectivity index (χ0n) is 15.3. The summed E-state index contributed by atoms with van der Waals surface area (Å²) in [6.45, 7) is 6.34. The highest BCUT2D eigenvalue weighted by atomic mass is 32.1. The molecule has 1 unspecified atom stereocenters. The topological polar surface area (TPSA) is 88.5 Å². The van der Waals surface area contributed by atoms with Crippen molar-refractivity contribution in [3.8, 4) is 0 Å². The van der Waals surface area contributed by atoms with Gasteiger partial charge >= 0.3 is 0 Å². The Hall–Kier alpha value is -2.39. The molecule has 2 amide bonds. The highest BCUT2D eigenvalue weighted by molar-refractivity contribution is 7.15. The van der Waals surface area contributed by atoms with E-state index in [0.717, 1.165) is 21.8 Å². The van der Waals surface area contributed by atoms with Crippen LogP contribution >= 0.6 is 11.3 Å². The normalized spacial score (nSPS) is 19.0. The summed E-state index contributed by atoms with van der Waals surface area (Å²) in [5.74, 6) is -0.416. The Kier molecular flexibility index (Phi) is 4.88. The van der Waals surface area contributed by atoms with Crippen molar-refractivity contribution in [2.24, 2.45) is 5.92 Å². The molecule has 1 atom stereocenters. The van der Waals surface area contributed by atoms with E-state index in [2.05, 4.69) is 15.2 Å². The first-order chi connectivity index (χ1) is 13.0. The lowest BCUT2D eigenvalue weighted by Gasteiger charge is -2.19.